The van der Waals surface area contributed by atoms with Crippen LogP contribution in [0.2, 0.25) is 5.02 Å². The van der Waals surface area contributed by atoms with Gasteiger partial charge in [-0.05, 0) is 43.6 Å². The van der Waals surface area contributed by atoms with E-state index >= 15 is 0 Å². The molecule has 1 aliphatic rings. The largest absolute Gasteiger partial charge is 0.389 e. The minimum Gasteiger partial charge on any atom is -0.354 e. The van der Waals surface area contributed by atoms with Crippen LogP contribution in [0.5, 0.6) is 0 Å². The first kappa shape index (κ1) is 18.1. The van der Waals surface area contributed by atoms with Gasteiger partial charge < -0.3 is 5.32 Å². The van der Waals surface area contributed by atoms with E-state index in [1.165, 1.54) is 0 Å². The second kappa shape index (κ2) is 8.02. The van der Waals surface area contributed by atoms with Gasteiger partial charge in [-0.3, -0.25) is 9.69 Å². The predicted molar refractivity (Wildman–Crippen MR) is 83.3 cm³/mol. The average Bonchev–Trinajstić information content (AvgIpc) is 3.00. The second-order valence-electron chi connectivity index (χ2n) is 5.73. The Labute approximate surface area is 138 Å². The highest BCUT2D eigenvalue weighted by Gasteiger charge is 2.28. The van der Waals surface area contributed by atoms with Gasteiger partial charge in [-0.2, -0.15) is 13.2 Å². The standard InChI is InChI=1S/C16H20ClF3N2O/c17-13-5-3-12(4-6-13)14(22-9-1-2-10-22)11-21-15(23)7-8-16(18,19)20/h3-6,14H,1-2,7-11H2,(H,21,23)/t14-/m0/s1. The van der Waals surface area contributed by atoms with Crippen LogP contribution in [0, 0.1) is 0 Å². The predicted octanol–water partition coefficient (Wildman–Crippen LogP) is 3.94. The minimum absolute atomic E-state index is 0.0374. The van der Waals surface area contributed by atoms with Crippen LogP contribution in [-0.2, 0) is 4.79 Å². The maximum atomic E-state index is 12.2. The van der Waals surface area contributed by atoms with Crippen LogP contribution < -0.4 is 5.32 Å². The first-order chi connectivity index (χ1) is 10.8. The van der Waals surface area contributed by atoms with Crippen molar-refractivity contribution in [3.8, 4) is 0 Å². The van der Waals surface area contributed by atoms with Gasteiger partial charge in [0.2, 0.25) is 5.91 Å². The first-order valence-corrected chi connectivity index (χ1v) is 8.06. The summed E-state index contributed by atoms with van der Waals surface area (Å²) in [4.78, 5) is 13.9. The zero-order chi connectivity index (χ0) is 16.9. The SMILES string of the molecule is O=C(CCC(F)(F)F)NC[C@@H](c1ccc(Cl)cc1)N1CCCC1. The molecule has 1 aromatic rings. The van der Waals surface area contributed by atoms with Gasteiger partial charge in [0.05, 0.1) is 12.5 Å². The normalized spacial score (nSPS) is 17.2. The summed E-state index contributed by atoms with van der Waals surface area (Å²) in [5, 5.41) is 3.26. The fourth-order valence-electron chi connectivity index (χ4n) is 2.75. The highest BCUT2D eigenvalue weighted by Crippen LogP contribution is 2.26. The molecule has 7 heteroatoms. The molecule has 1 N–H and O–H groups in total. The van der Waals surface area contributed by atoms with E-state index in [0.717, 1.165) is 31.5 Å². The summed E-state index contributed by atoms with van der Waals surface area (Å²) >= 11 is 5.90. The lowest BCUT2D eigenvalue weighted by Gasteiger charge is -2.28. The van der Waals surface area contributed by atoms with Gasteiger partial charge in [-0.1, -0.05) is 23.7 Å². The molecule has 0 bridgehead atoms. The molecule has 1 fully saturated rings. The number of amides is 1. The zero-order valence-electron chi connectivity index (χ0n) is 12.7. The molecule has 128 valence electrons. The Kier molecular flexibility index (Phi) is 6.30. The lowest BCUT2D eigenvalue weighted by molar-refractivity contribution is -0.144. The van der Waals surface area contributed by atoms with Crippen LogP contribution in [0.4, 0.5) is 13.2 Å². The lowest BCUT2D eigenvalue weighted by atomic mass is 10.1. The fraction of sp³-hybridized carbons (Fsp3) is 0.562. The summed E-state index contributed by atoms with van der Waals surface area (Å²) in [5.74, 6) is -0.569. The van der Waals surface area contributed by atoms with Crippen molar-refractivity contribution in [2.24, 2.45) is 0 Å². The number of carbonyl (C=O) groups is 1. The highest BCUT2D eigenvalue weighted by molar-refractivity contribution is 6.30. The topological polar surface area (TPSA) is 32.3 Å². The smallest absolute Gasteiger partial charge is 0.354 e. The van der Waals surface area contributed by atoms with Gasteiger partial charge in [0.15, 0.2) is 0 Å². The first-order valence-electron chi connectivity index (χ1n) is 7.68. The fourth-order valence-corrected chi connectivity index (χ4v) is 2.88. The molecule has 0 aromatic heterocycles. The van der Waals surface area contributed by atoms with E-state index in [0.29, 0.717) is 11.6 Å². The molecule has 1 saturated heterocycles. The van der Waals surface area contributed by atoms with Crippen molar-refractivity contribution in [1.82, 2.24) is 10.2 Å². The minimum atomic E-state index is -4.30. The van der Waals surface area contributed by atoms with Crippen molar-refractivity contribution >= 4 is 17.5 Å². The van der Waals surface area contributed by atoms with E-state index in [4.69, 9.17) is 11.6 Å². The van der Waals surface area contributed by atoms with Gasteiger partial charge in [0.25, 0.3) is 0 Å². The molecule has 1 aromatic carbocycles. The molecule has 0 aliphatic carbocycles. The van der Waals surface area contributed by atoms with E-state index in [-0.39, 0.29) is 6.04 Å². The van der Waals surface area contributed by atoms with Crippen molar-refractivity contribution in [1.29, 1.82) is 0 Å². The molecule has 1 atom stereocenters. The zero-order valence-corrected chi connectivity index (χ0v) is 13.5. The van der Waals surface area contributed by atoms with Gasteiger partial charge in [-0.15, -0.1) is 0 Å². The summed E-state index contributed by atoms with van der Waals surface area (Å²) in [6.07, 6.45) is -3.74. The van der Waals surface area contributed by atoms with Crippen molar-refractivity contribution in [3.05, 3.63) is 34.9 Å². The molecule has 0 spiro atoms. The number of nitrogens with one attached hydrogen (secondary N) is 1. The van der Waals surface area contributed by atoms with Crippen molar-refractivity contribution < 1.29 is 18.0 Å². The Morgan fingerprint density at radius 2 is 1.83 bits per heavy atom. The number of carbonyl (C=O) groups excluding carboxylic acids is 1. The summed E-state index contributed by atoms with van der Waals surface area (Å²) in [6.45, 7) is 2.15. The number of likely N-dealkylation sites (tertiary alicyclic amines) is 1. The Morgan fingerprint density at radius 1 is 1.22 bits per heavy atom. The third-order valence-electron chi connectivity index (χ3n) is 3.96. The third-order valence-corrected chi connectivity index (χ3v) is 4.22. The molecule has 1 aliphatic heterocycles. The van der Waals surface area contributed by atoms with Gasteiger partial charge in [0.1, 0.15) is 0 Å². The molecular formula is C16H20ClF3N2O. The van der Waals surface area contributed by atoms with E-state index in [1.54, 1.807) is 12.1 Å². The summed E-state index contributed by atoms with van der Waals surface area (Å²) < 4.78 is 36.5. The van der Waals surface area contributed by atoms with Crippen molar-refractivity contribution in [3.63, 3.8) is 0 Å². The van der Waals surface area contributed by atoms with Crippen LogP contribution in [-0.4, -0.2) is 36.6 Å². The van der Waals surface area contributed by atoms with E-state index in [2.05, 4.69) is 10.2 Å². The van der Waals surface area contributed by atoms with Gasteiger partial charge in [-0.25, -0.2) is 0 Å². The maximum absolute atomic E-state index is 12.2. The van der Waals surface area contributed by atoms with E-state index in [9.17, 15) is 18.0 Å². The number of rotatable bonds is 6. The average molecular weight is 349 g/mol. The number of benzene rings is 1. The highest BCUT2D eigenvalue weighted by atomic mass is 35.5. The summed E-state index contributed by atoms with van der Waals surface area (Å²) in [7, 11) is 0. The van der Waals surface area contributed by atoms with Crippen molar-refractivity contribution in [2.45, 2.75) is 37.9 Å². The Bertz CT molecular complexity index is 513. The quantitative estimate of drug-likeness (QED) is 0.844. The molecule has 0 saturated carbocycles. The van der Waals surface area contributed by atoms with E-state index in [1.807, 2.05) is 12.1 Å². The van der Waals surface area contributed by atoms with Crippen LogP contribution >= 0.6 is 11.6 Å². The number of nitrogens with zero attached hydrogens (tertiary/aromatic N) is 1. The molecule has 1 heterocycles. The Balaban J connectivity index is 1.95. The molecule has 0 radical (unpaired) electrons. The molecule has 0 unspecified atom stereocenters. The summed E-state index contributed by atoms with van der Waals surface area (Å²) in [6, 6.07) is 7.32. The van der Waals surface area contributed by atoms with Crippen LogP contribution in [0.3, 0.4) is 0 Å². The van der Waals surface area contributed by atoms with Gasteiger partial charge >= 0.3 is 6.18 Å². The van der Waals surface area contributed by atoms with Crippen LogP contribution in [0.25, 0.3) is 0 Å². The number of hydrogen-bond donors (Lipinski definition) is 1. The molecule has 3 nitrogen and oxygen atoms in total. The maximum Gasteiger partial charge on any atom is 0.389 e. The van der Waals surface area contributed by atoms with Crippen LogP contribution in [0.1, 0.15) is 37.3 Å². The van der Waals surface area contributed by atoms with Crippen molar-refractivity contribution in [2.75, 3.05) is 19.6 Å². The van der Waals surface area contributed by atoms with Crippen LogP contribution in [0.15, 0.2) is 24.3 Å². The molecular weight excluding hydrogens is 329 g/mol. The third kappa shape index (κ3) is 6.03. The monoisotopic (exact) mass is 348 g/mol. The Hall–Kier alpha value is -1.27. The lowest BCUT2D eigenvalue weighted by Crippen LogP contribution is -2.37. The number of hydrogen-bond acceptors (Lipinski definition) is 2. The molecule has 2 rings (SSSR count). The number of halogens is 4. The molecule has 23 heavy (non-hydrogen) atoms. The summed E-state index contributed by atoms with van der Waals surface area (Å²) in [5.41, 5.74) is 1.01. The van der Waals surface area contributed by atoms with E-state index < -0.39 is 24.9 Å². The Morgan fingerprint density at radius 3 is 2.39 bits per heavy atom. The number of alkyl halides is 3. The molecule has 1 amide bonds. The van der Waals surface area contributed by atoms with Gasteiger partial charge in [0, 0.05) is 18.0 Å². The second-order valence-corrected chi connectivity index (χ2v) is 6.17.